The van der Waals surface area contributed by atoms with Crippen LogP contribution in [-0.4, -0.2) is 22.2 Å². The molecule has 0 radical (unpaired) electrons. The van der Waals surface area contributed by atoms with Crippen LogP contribution in [0.4, 0.5) is 10.1 Å². The highest BCUT2D eigenvalue weighted by atomic mass is 19.1. The van der Waals surface area contributed by atoms with Crippen LogP contribution in [0.5, 0.6) is 5.75 Å². The summed E-state index contributed by atoms with van der Waals surface area (Å²) in [5.41, 5.74) is -0.548. The highest BCUT2D eigenvalue weighted by Gasteiger charge is 2.56. The smallest absolute Gasteiger partial charge is 0.272 e. The minimum atomic E-state index is -0.725. The first kappa shape index (κ1) is 14.3. The normalized spacial score (nSPS) is 27.1. The van der Waals surface area contributed by atoms with Crippen molar-refractivity contribution in [2.45, 2.75) is 50.7 Å². The van der Waals surface area contributed by atoms with Crippen LogP contribution in [0.25, 0.3) is 0 Å². The third-order valence-corrected chi connectivity index (χ3v) is 4.92. The van der Waals surface area contributed by atoms with E-state index in [1.165, 1.54) is 12.1 Å². The molecule has 3 rings (SSSR count). The maximum Gasteiger partial charge on any atom is 0.272 e. The molecule has 2 fully saturated rings. The molecular weight excluding hydrogens is 277 g/mol. The van der Waals surface area contributed by atoms with E-state index in [0.29, 0.717) is 6.42 Å². The lowest BCUT2D eigenvalue weighted by Crippen LogP contribution is -2.60. The number of rotatable bonds is 3. The van der Waals surface area contributed by atoms with E-state index in [0.717, 1.165) is 38.2 Å². The number of aliphatic hydroxyl groups is 1. The van der Waals surface area contributed by atoms with Gasteiger partial charge in [-0.15, -0.1) is 0 Å². The molecule has 2 aliphatic carbocycles. The molecule has 1 spiro atoms. The average Bonchev–Trinajstić information content (AvgIpc) is 2.49. The number of aliphatic hydroxyl groups excluding tert-OH is 1. The van der Waals surface area contributed by atoms with E-state index in [4.69, 9.17) is 4.74 Å². The van der Waals surface area contributed by atoms with Gasteiger partial charge in [0.2, 0.25) is 0 Å². The second-order valence-corrected chi connectivity index (χ2v) is 6.02. The summed E-state index contributed by atoms with van der Waals surface area (Å²) >= 11 is 0. The summed E-state index contributed by atoms with van der Waals surface area (Å²) in [5, 5.41) is 20.7. The molecule has 0 saturated heterocycles. The zero-order valence-electron chi connectivity index (χ0n) is 11.6. The van der Waals surface area contributed by atoms with Crippen molar-refractivity contribution in [2.75, 3.05) is 0 Å². The van der Waals surface area contributed by atoms with Crippen LogP contribution in [0.1, 0.15) is 38.5 Å². The Morgan fingerprint density at radius 3 is 2.62 bits per heavy atom. The van der Waals surface area contributed by atoms with E-state index in [1.807, 2.05) is 0 Å². The van der Waals surface area contributed by atoms with Crippen LogP contribution in [0.2, 0.25) is 0 Å². The van der Waals surface area contributed by atoms with Crippen molar-refractivity contribution in [2.24, 2.45) is 5.41 Å². The van der Waals surface area contributed by atoms with Crippen molar-refractivity contribution < 1.29 is 19.2 Å². The van der Waals surface area contributed by atoms with Gasteiger partial charge < -0.3 is 9.84 Å². The molecule has 2 saturated carbocycles. The fourth-order valence-corrected chi connectivity index (χ4v) is 3.61. The minimum absolute atomic E-state index is 0.0300. The Morgan fingerprint density at radius 1 is 1.33 bits per heavy atom. The first-order chi connectivity index (χ1) is 10.0. The molecule has 0 aliphatic heterocycles. The van der Waals surface area contributed by atoms with Crippen LogP contribution in [0.15, 0.2) is 18.2 Å². The number of hydrogen-bond donors (Lipinski definition) is 1. The van der Waals surface area contributed by atoms with Crippen molar-refractivity contribution in [3.8, 4) is 5.75 Å². The number of halogens is 1. The monoisotopic (exact) mass is 295 g/mol. The molecular formula is C15H18FNO4. The Morgan fingerprint density at radius 2 is 2.05 bits per heavy atom. The Hall–Kier alpha value is -1.69. The quantitative estimate of drug-likeness (QED) is 0.686. The summed E-state index contributed by atoms with van der Waals surface area (Å²) in [7, 11) is 0. The third-order valence-electron chi connectivity index (χ3n) is 4.92. The molecule has 0 amide bonds. The maximum absolute atomic E-state index is 13.9. The van der Waals surface area contributed by atoms with Gasteiger partial charge in [-0.05, 0) is 18.9 Å². The van der Waals surface area contributed by atoms with Gasteiger partial charge in [0.25, 0.3) is 5.69 Å². The van der Waals surface area contributed by atoms with Crippen molar-refractivity contribution in [3.63, 3.8) is 0 Å². The molecule has 1 aromatic carbocycles. The number of nitro groups is 1. The number of non-ortho nitro benzene ring substituents is 1. The van der Waals surface area contributed by atoms with Crippen LogP contribution in [-0.2, 0) is 0 Å². The van der Waals surface area contributed by atoms with Crippen LogP contribution in [0, 0.1) is 21.3 Å². The van der Waals surface area contributed by atoms with Crippen LogP contribution >= 0.6 is 0 Å². The van der Waals surface area contributed by atoms with E-state index >= 15 is 0 Å². The number of nitrogens with zero attached hydrogens (tertiary/aromatic N) is 1. The summed E-state index contributed by atoms with van der Waals surface area (Å²) in [6.45, 7) is 0. The second-order valence-electron chi connectivity index (χ2n) is 6.02. The number of hydrogen-bond acceptors (Lipinski definition) is 4. The fourth-order valence-electron chi connectivity index (χ4n) is 3.61. The molecule has 0 aromatic heterocycles. The van der Waals surface area contributed by atoms with Gasteiger partial charge in [-0.1, -0.05) is 19.3 Å². The zero-order valence-corrected chi connectivity index (χ0v) is 11.6. The minimum Gasteiger partial charge on any atom is -0.487 e. The van der Waals surface area contributed by atoms with Crippen molar-refractivity contribution in [1.29, 1.82) is 0 Å². The Bertz CT molecular complexity index is 557. The van der Waals surface area contributed by atoms with E-state index in [9.17, 15) is 19.6 Å². The zero-order chi connectivity index (χ0) is 15.0. The Labute approximate surface area is 121 Å². The highest BCUT2D eigenvalue weighted by Crippen LogP contribution is 2.53. The highest BCUT2D eigenvalue weighted by molar-refractivity contribution is 5.38. The van der Waals surface area contributed by atoms with Gasteiger partial charge in [-0.25, -0.2) is 4.39 Å². The maximum atomic E-state index is 13.9. The average molecular weight is 295 g/mol. The first-order valence-electron chi connectivity index (χ1n) is 7.31. The molecule has 21 heavy (non-hydrogen) atoms. The Balaban J connectivity index is 1.76. The first-order valence-corrected chi connectivity index (χ1v) is 7.31. The number of benzene rings is 1. The standard InChI is InChI=1S/C15H18FNO4/c16-11-8-10(17(19)20)4-5-12(11)21-14-9-13(18)15(14)6-2-1-3-7-15/h4-5,8,13-14,18H,1-3,6-7,9H2. The van der Waals surface area contributed by atoms with E-state index in [2.05, 4.69) is 0 Å². The molecule has 2 unspecified atom stereocenters. The van der Waals surface area contributed by atoms with Crippen LogP contribution in [0.3, 0.4) is 0 Å². The van der Waals surface area contributed by atoms with Gasteiger partial charge in [0, 0.05) is 17.9 Å². The van der Waals surface area contributed by atoms with Gasteiger partial charge >= 0.3 is 0 Å². The van der Waals surface area contributed by atoms with Gasteiger partial charge in [0.05, 0.1) is 17.1 Å². The molecule has 1 N–H and O–H groups in total. The lowest BCUT2D eigenvalue weighted by atomic mass is 9.56. The summed E-state index contributed by atoms with van der Waals surface area (Å²) in [5.74, 6) is -0.695. The van der Waals surface area contributed by atoms with Crippen LogP contribution < -0.4 is 4.74 Å². The predicted molar refractivity (Wildman–Crippen MR) is 73.6 cm³/mol. The van der Waals surface area contributed by atoms with Gasteiger partial charge in [-0.2, -0.15) is 0 Å². The molecule has 6 heteroatoms. The summed E-state index contributed by atoms with van der Waals surface area (Å²) in [6, 6.07) is 3.41. The SMILES string of the molecule is O=[N+]([O-])c1ccc(OC2CC(O)C23CCCCC3)c(F)c1. The Kier molecular flexibility index (Phi) is 3.57. The number of ether oxygens (including phenoxy) is 1. The summed E-state index contributed by atoms with van der Waals surface area (Å²) in [4.78, 5) is 9.97. The van der Waals surface area contributed by atoms with Crippen molar-refractivity contribution >= 4 is 5.69 Å². The van der Waals surface area contributed by atoms with Gasteiger partial charge in [0.1, 0.15) is 6.10 Å². The van der Waals surface area contributed by atoms with Gasteiger partial charge in [-0.3, -0.25) is 10.1 Å². The molecule has 0 heterocycles. The van der Waals surface area contributed by atoms with E-state index < -0.39 is 10.7 Å². The predicted octanol–water partition coefficient (Wildman–Crippen LogP) is 3.20. The third kappa shape index (κ3) is 2.37. The molecule has 5 nitrogen and oxygen atoms in total. The summed E-state index contributed by atoms with van der Waals surface area (Å²) in [6.07, 6.45) is 4.97. The largest absolute Gasteiger partial charge is 0.487 e. The fraction of sp³-hybridized carbons (Fsp3) is 0.600. The molecule has 1 aromatic rings. The molecule has 0 bridgehead atoms. The van der Waals surface area contributed by atoms with E-state index in [-0.39, 0.29) is 29.1 Å². The molecule has 2 atom stereocenters. The molecule has 114 valence electrons. The van der Waals surface area contributed by atoms with E-state index in [1.54, 1.807) is 0 Å². The molecule has 2 aliphatic rings. The second kappa shape index (κ2) is 5.26. The topological polar surface area (TPSA) is 72.6 Å². The lowest BCUT2D eigenvalue weighted by Gasteiger charge is -2.55. The number of nitro benzene ring substituents is 1. The van der Waals surface area contributed by atoms with Crippen molar-refractivity contribution in [1.82, 2.24) is 0 Å². The summed E-state index contributed by atoms with van der Waals surface area (Å²) < 4.78 is 19.6. The van der Waals surface area contributed by atoms with Gasteiger partial charge in [0.15, 0.2) is 11.6 Å². The van der Waals surface area contributed by atoms with Crippen molar-refractivity contribution in [3.05, 3.63) is 34.1 Å². The lowest BCUT2D eigenvalue weighted by molar-refractivity contribution is -0.385.